The zero-order chi connectivity index (χ0) is 16.6. The second-order valence-electron chi connectivity index (χ2n) is 6.34. The minimum atomic E-state index is -2.91. The Labute approximate surface area is 135 Å². The normalized spacial score (nSPS) is 22.4. The summed E-state index contributed by atoms with van der Waals surface area (Å²) in [7, 11) is -1.17. The Morgan fingerprint density at radius 1 is 1.41 bits per heavy atom. The molecule has 0 amide bonds. The van der Waals surface area contributed by atoms with E-state index in [1.165, 1.54) is 32.1 Å². The summed E-state index contributed by atoms with van der Waals surface area (Å²) in [5.74, 6) is 0.939. The van der Waals surface area contributed by atoms with Gasteiger partial charge in [-0.3, -0.25) is 9.89 Å². The maximum atomic E-state index is 11.2. The van der Waals surface area contributed by atoms with Crippen LogP contribution in [0.5, 0.6) is 0 Å². The molecule has 0 bridgehead atoms. The van der Waals surface area contributed by atoms with Crippen molar-refractivity contribution in [1.29, 1.82) is 0 Å². The minimum Gasteiger partial charge on any atom is -0.355 e. The summed E-state index contributed by atoms with van der Waals surface area (Å²) in [5, 5.41) is 6.56. The van der Waals surface area contributed by atoms with Gasteiger partial charge in [-0.05, 0) is 39.7 Å². The molecule has 1 heterocycles. The smallest absolute Gasteiger partial charge is 0.191 e. The lowest BCUT2D eigenvalue weighted by Crippen LogP contribution is -2.47. The summed E-state index contributed by atoms with van der Waals surface area (Å²) in [4.78, 5) is 6.71. The van der Waals surface area contributed by atoms with Gasteiger partial charge in [0.1, 0.15) is 9.84 Å². The lowest BCUT2D eigenvalue weighted by Gasteiger charge is -2.33. The van der Waals surface area contributed by atoms with Crippen LogP contribution in [0.25, 0.3) is 0 Å². The van der Waals surface area contributed by atoms with Crippen molar-refractivity contribution in [1.82, 2.24) is 15.5 Å². The van der Waals surface area contributed by atoms with E-state index >= 15 is 0 Å². The van der Waals surface area contributed by atoms with Gasteiger partial charge in [0, 0.05) is 38.5 Å². The Balaban J connectivity index is 2.27. The standard InChI is InChI=1S/C15H32N4O2S/c1-13(8-12-22(4,20)21)18-15(16-3)17-9-11-19-10-6-5-7-14(19)2/h13-14H,5-12H2,1-4H3,(H2,16,17,18). The third-order valence-electron chi connectivity index (χ3n) is 4.16. The van der Waals surface area contributed by atoms with Crippen molar-refractivity contribution in [3.8, 4) is 0 Å². The second-order valence-corrected chi connectivity index (χ2v) is 8.60. The van der Waals surface area contributed by atoms with Crippen molar-refractivity contribution in [2.24, 2.45) is 4.99 Å². The van der Waals surface area contributed by atoms with E-state index < -0.39 is 9.84 Å². The molecule has 0 radical (unpaired) electrons. The van der Waals surface area contributed by atoms with Crippen LogP contribution < -0.4 is 10.6 Å². The van der Waals surface area contributed by atoms with E-state index in [1.54, 1.807) is 7.05 Å². The van der Waals surface area contributed by atoms with Crippen molar-refractivity contribution in [2.75, 3.05) is 38.7 Å². The number of hydrogen-bond donors (Lipinski definition) is 2. The maximum Gasteiger partial charge on any atom is 0.191 e. The van der Waals surface area contributed by atoms with Crippen LogP contribution in [-0.2, 0) is 9.84 Å². The highest BCUT2D eigenvalue weighted by molar-refractivity contribution is 7.90. The molecule has 7 heteroatoms. The van der Waals surface area contributed by atoms with E-state index in [1.807, 2.05) is 6.92 Å². The largest absolute Gasteiger partial charge is 0.355 e. The molecule has 0 aromatic carbocycles. The zero-order valence-corrected chi connectivity index (χ0v) is 15.2. The van der Waals surface area contributed by atoms with Gasteiger partial charge < -0.3 is 10.6 Å². The number of nitrogens with one attached hydrogen (secondary N) is 2. The first-order valence-corrected chi connectivity index (χ1v) is 10.3. The quantitative estimate of drug-likeness (QED) is 0.534. The van der Waals surface area contributed by atoms with Crippen LogP contribution >= 0.6 is 0 Å². The molecular weight excluding hydrogens is 300 g/mol. The van der Waals surface area contributed by atoms with E-state index in [9.17, 15) is 8.42 Å². The number of rotatable bonds is 7. The molecule has 1 fully saturated rings. The van der Waals surface area contributed by atoms with Crippen LogP contribution in [0.2, 0.25) is 0 Å². The monoisotopic (exact) mass is 332 g/mol. The number of piperidine rings is 1. The van der Waals surface area contributed by atoms with E-state index in [0.717, 1.165) is 19.0 Å². The van der Waals surface area contributed by atoms with E-state index in [2.05, 4.69) is 27.4 Å². The number of sulfone groups is 1. The van der Waals surface area contributed by atoms with Crippen molar-refractivity contribution >= 4 is 15.8 Å². The van der Waals surface area contributed by atoms with Gasteiger partial charge in [0.15, 0.2) is 5.96 Å². The fourth-order valence-electron chi connectivity index (χ4n) is 2.70. The van der Waals surface area contributed by atoms with Gasteiger partial charge in [0.05, 0.1) is 5.75 Å². The lowest BCUT2D eigenvalue weighted by atomic mass is 10.0. The molecule has 130 valence electrons. The van der Waals surface area contributed by atoms with Gasteiger partial charge in [0.25, 0.3) is 0 Å². The van der Waals surface area contributed by atoms with Crippen LogP contribution in [-0.4, -0.2) is 70.1 Å². The lowest BCUT2D eigenvalue weighted by molar-refractivity contribution is 0.163. The number of likely N-dealkylation sites (tertiary alicyclic amines) is 1. The van der Waals surface area contributed by atoms with Crippen LogP contribution in [0.1, 0.15) is 39.5 Å². The molecule has 0 saturated carbocycles. The highest BCUT2D eigenvalue weighted by Gasteiger charge is 2.17. The van der Waals surface area contributed by atoms with Crippen molar-refractivity contribution in [2.45, 2.75) is 51.6 Å². The third-order valence-corrected chi connectivity index (χ3v) is 5.14. The van der Waals surface area contributed by atoms with E-state index in [4.69, 9.17) is 0 Å². The number of guanidine groups is 1. The molecule has 2 N–H and O–H groups in total. The average molecular weight is 333 g/mol. The van der Waals surface area contributed by atoms with Gasteiger partial charge in [-0.15, -0.1) is 0 Å². The summed E-state index contributed by atoms with van der Waals surface area (Å²) in [6.45, 7) is 7.31. The van der Waals surface area contributed by atoms with Crippen molar-refractivity contribution in [3.05, 3.63) is 0 Å². The molecule has 0 aliphatic carbocycles. The molecule has 6 nitrogen and oxygen atoms in total. The summed E-state index contributed by atoms with van der Waals surface area (Å²) < 4.78 is 22.4. The first-order chi connectivity index (χ1) is 10.3. The summed E-state index contributed by atoms with van der Waals surface area (Å²) >= 11 is 0. The number of nitrogens with zero attached hydrogens (tertiary/aromatic N) is 2. The molecule has 1 aliphatic rings. The fourth-order valence-corrected chi connectivity index (χ4v) is 3.48. The van der Waals surface area contributed by atoms with E-state index in [-0.39, 0.29) is 11.8 Å². The number of aliphatic imine (C=N–C) groups is 1. The second kappa shape index (κ2) is 9.35. The van der Waals surface area contributed by atoms with Gasteiger partial charge in [-0.25, -0.2) is 8.42 Å². The molecule has 2 unspecified atom stereocenters. The van der Waals surface area contributed by atoms with Gasteiger partial charge in [-0.1, -0.05) is 6.42 Å². The molecule has 0 spiro atoms. The topological polar surface area (TPSA) is 73.8 Å². The van der Waals surface area contributed by atoms with E-state index in [0.29, 0.717) is 12.5 Å². The summed E-state index contributed by atoms with van der Waals surface area (Å²) in [6, 6.07) is 0.744. The fraction of sp³-hybridized carbons (Fsp3) is 0.933. The third kappa shape index (κ3) is 7.98. The molecule has 1 aliphatic heterocycles. The highest BCUT2D eigenvalue weighted by atomic mass is 32.2. The maximum absolute atomic E-state index is 11.2. The first-order valence-electron chi connectivity index (χ1n) is 8.21. The van der Waals surface area contributed by atoms with Gasteiger partial charge in [-0.2, -0.15) is 0 Å². The molecule has 0 aromatic heterocycles. The predicted molar refractivity (Wildman–Crippen MR) is 93.2 cm³/mol. The SMILES string of the molecule is CN=C(NCCN1CCCCC1C)NC(C)CCS(C)(=O)=O. The van der Waals surface area contributed by atoms with Crippen molar-refractivity contribution in [3.63, 3.8) is 0 Å². The predicted octanol–water partition coefficient (Wildman–Crippen LogP) is 0.849. The van der Waals surface area contributed by atoms with Crippen molar-refractivity contribution < 1.29 is 8.42 Å². The van der Waals surface area contributed by atoms with Gasteiger partial charge in [0.2, 0.25) is 0 Å². The minimum absolute atomic E-state index is 0.0786. The average Bonchev–Trinajstić information content (AvgIpc) is 2.45. The molecule has 1 rings (SSSR count). The Morgan fingerprint density at radius 3 is 2.73 bits per heavy atom. The summed E-state index contributed by atoms with van der Waals surface area (Å²) in [6.07, 6.45) is 5.77. The highest BCUT2D eigenvalue weighted by Crippen LogP contribution is 2.15. The Morgan fingerprint density at radius 2 is 2.14 bits per heavy atom. The zero-order valence-electron chi connectivity index (χ0n) is 14.4. The van der Waals surface area contributed by atoms with Crippen LogP contribution in [0, 0.1) is 0 Å². The summed E-state index contributed by atoms with van der Waals surface area (Å²) in [5.41, 5.74) is 0. The molecular formula is C15H32N4O2S. The Hall–Kier alpha value is -0.820. The molecule has 2 atom stereocenters. The molecule has 22 heavy (non-hydrogen) atoms. The first kappa shape index (κ1) is 19.2. The number of hydrogen-bond acceptors (Lipinski definition) is 4. The Bertz CT molecular complexity index is 450. The van der Waals surface area contributed by atoms with Gasteiger partial charge >= 0.3 is 0 Å². The Kier molecular flexibility index (Phi) is 8.17. The van der Waals surface area contributed by atoms with Crippen LogP contribution in [0.3, 0.4) is 0 Å². The van der Waals surface area contributed by atoms with Crippen LogP contribution in [0.4, 0.5) is 0 Å². The van der Waals surface area contributed by atoms with Crippen LogP contribution in [0.15, 0.2) is 4.99 Å². The molecule has 1 saturated heterocycles. The molecule has 0 aromatic rings.